The van der Waals surface area contributed by atoms with Gasteiger partial charge in [0.05, 0.1) is 5.52 Å². The zero-order valence-corrected chi connectivity index (χ0v) is 12.1. The number of nitrogens with zero attached hydrogens (tertiary/aromatic N) is 2. The smallest absolute Gasteiger partial charge is 0.373 e. The normalized spacial score (nSPS) is 10.7. The van der Waals surface area contributed by atoms with Gasteiger partial charge in [-0.1, -0.05) is 48.2 Å². The third kappa shape index (κ3) is 2.73. The molecular formula is C16H12N2O2S. The number of hydrogen-bond donors (Lipinski definition) is 1. The van der Waals surface area contributed by atoms with Crippen LogP contribution in [0.4, 0.5) is 0 Å². The number of aromatic nitrogens is 2. The van der Waals surface area contributed by atoms with Crippen LogP contribution in [-0.2, 0) is 0 Å². The van der Waals surface area contributed by atoms with Crippen molar-refractivity contribution in [1.29, 1.82) is 0 Å². The van der Waals surface area contributed by atoms with Gasteiger partial charge in [0.1, 0.15) is 5.03 Å². The van der Waals surface area contributed by atoms with Crippen LogP contribution in [0.1, 0.15) is 16.2 Å². The number of fused-ring (bicyclic) bond motifs is 1. The summed E-state index contributed by atoms with van der Waals surface area (Å²) in [5.74, 6) is -1.29. The second-order valence-corrected chi connectivity index (χ2v) is 5.57. The van der Waals surface area contributed by atoms with Gasteiger partial charge in [-0.3, -0.25) is 0 Å². The van der Waals surface area contributed by atoms with Gasteiger partial charge in [-0.2, -0.15) is 0 Å². The number of carboxylic acids is 1. The fourth-order valence-electron chi connectivity index (χ4n) is 2.00. The molecule has 5 heteroatoms. The lowest BCUT2D eigenvalue weighted by atomic mass is 10.2. The standard InChI is InChI=1S/C16H12N2O2S/c1-10-6-2-5-9-13(10)21-15-11-7-3-4-8-12(11)17-14(18-15)16(19)20/h2-9H,1H3,(H,19,20). The van der Waals surface area contributed by atoms with E-state index in [2.05, 4.69) is 9.97 Å². The number of benzene rings is 2. The highest BCUT2D eigenvalue weighted by Gasteiger charge is 2.14. The van der Waals surface area contributed by atoms with Crippen LogP contribution in [0.15, 0.2) is 58.5 Å². The molecule has 2 aromatic carbocycles. The zero-order chi connectivity index (χ0) is 14.8. The lowest BCUT2D eigenvalue weighted by Gasteiger charge is -2.08. The summed E-state index contributed by atoms with van der Waals surface area (Å²) in [5.41, 5.74) is 1.77. The number of hydrogen-bond acceptors (Lipinski definition) is 4. The lowest BCUT2D eigenvalue weighted by molar-refractivity contribution is 0.0683. The molecule has 1 aromatic heterocycles. The number of para-hydroxylation sites is 1. The van der Waals surface area contributed by atoms with Crippen molar-refractivity contribution in [1.82, 2.24) is 9.97 Å². The molecule has 0 aliphatic carbocycles. The summed E-state index contributed by atoms with van der Waals surface area (Å²) in [6, 6.07) is 15.4. The van der Waals surface area contributed by atoms with E-state index in [-0.39, 0.29) is 5.82 Å². The SMILES string of the molecule is Cc1ccccc1Sc1nc(C(=O)O)nc2ccccc12. The Morgan fingerprint density at radius 2 is 1.76 bits per heavy atom. The van der Waals surface area contributed by atoms with Crippen LogP contribution >= 0.6 is 11.8 Å². The van der Waals surface area contributed by atoms with Gasteiger partial charge in [-0.15, -0.1) is 0 Å². The van der Waals surface area contributed by atoms with Crippen LogP contribution in [-0.4, -0.2) is 21.0 Å². The monoisotopic (exact) mass is 296 g/mol. The Balaban J connectivity index is 2.16. The number of carboxylic acid groups (broad SMARTS) is 1. The fraction of sp³-hybridized carbons (Fsp3) is 0.0625. The molecular weight excluding hydrogens is 284 g/mol. The molecule has 1 N–H and O–H groups in total. The minimum absolute atomic E-state index is 0.176. The molecule has 21 heavy (non-hydrogen) atoms. The molecule has 0 aliphatic heterocycles. The van der Waals surface area contributed by atoms with E-state index in [1.165, 1.54) is 11.8 Å². The molecule has 0 bridgehead atoms. The van der Waals surface area contributed by atoms with E-state index < -0.39 is 5.97 Å². The molecule has 0 spiro atoms. The Hall–Kier alpha value is -2.40. The van der Waals surface area contributed by atoms with E-state index in [4.69, 9.17) is 5.11 Å². The molecule has 4 nitrogen and oxygen atoms in total. The van der Waals surface area contributed by atoms with E-state index in [1.54, 1.807) is 6.07 Å². The van der Waals surface area contributed by atoms with Gasteiger partial charge in [0.15, 0.2) is 0 Å². The highest BCUT2D eigenvalue weighted by Crippen LogP contribution is 2.33. The summed E-state index contributed by atoms with van der Waals surface area (Å²) in [5, 5.41) is 10.7. The fourth-order valence-corrected chi connectivity index (χ4v) is 2.99. The maximum absolute atomic E-state index is 11.2. The first-order chi connectivity index (χ1) is 10.1. The van der Waals surface area contributed by atoms with E-state index in [0.29, 0.717) is 10.5 Å². The molecule has 0 atom stereocenters. The maximum atomic E-state index is 11.2. The van der Waals surface area contributed by atoms with Crippen LogP contribution in [0.25, 0.3) is 10.9 Å². The van der Waals surface area contributed by atoms with Crippen LogP contribution < -0.4 is 0 Å². The average Bonchev–Trinajstić information content (AvgIpc) is 2.49. The second-order valence-electron chi connectivity index (χ2n) is 4.54. The van der Waals surface area contributed by atoms with Gasteiger partial charge in [-0.25, -0.2) is 14.8 Å². The van der Waals surface area contributed by atoms with Crippen LogP contribution in [0.5, 0.6) is 0 Å². The van der Waals surface area contributed by atoms with Gasteiger partial charge >= 0.3 is 5.97 Å². The molecule has 0 saturated carbocycles. The van der Waals surface area contributed by atoms with Gasteiger partial charge in [-0.05, 0) is 24.6 Å². The summed E-state index contributed by atoms with van der Waals surface area (Å²) in [4.78, 5) is 20.5. The summed E-state index contributed by atoms with van der Waals surface area (Å²) < 4.78 is 0. The van der Waals surface area contributed by atoms with Crippen molar-refractivity contribution in [3.05, 3.63) is 59.9 Å². The Bertz CT molecular complexity index is 833. The minimum atomic E-state index is -1.12. The van der Waals surface area contributed by atoms with E-state index in [9.17, 15) is 4.79 Å². The average molecular weight is 296 g/mol. The first kappa shape index (κ1) is 13.6. The van der Waals surface area contributed by atoms with Crippen molar-refractivity contribution in [2.45, 2.75) is 16.8 Å². The van der Waals surface area contributed by atoms with Crippen molar-refractivity contribution in [3.63, 3.8) is 0 Å². The summed E-state index contributed by atoms with van der Waals surface area (Å²) in [6.07, 6.45) is 0. The molecule has 0 fully saturated rings. The van der Waals surface area contributed by atoms with Crippen molar-refractivity contribution in [2.24, 2.45) is 0 Å². The highest BCUT2D eigenvalue weighted by atomic mass is 32.2. The van der Waals surface area contributed by atoms with Gasteiger partial charge < -0.3 is 5.11 Å². The van der Waals surface area contributed by atoms with Crippen molar-refractivity contribution >= 4 is 28.6 Å². The maximum Gasteiger partial charge on any atom is 0.373 e. The van der Waals surface area contributed by atoms with Crippen molar-refractivity contribution in [3.8, 4) is 0 Å². The summed E-state index contributed by atoms with van der Waals surface area (Å²) in [7, 11) is 0. The summed E-state index contributed by atoms with van der Waals surface area (Å²) >= 11 is 1.46. The molecule has 0 saturated heterocycles. The van der Waals surface area contributed by atoms with Gasteiger partial charge in [0.2, 0.25) is 5.82 Å². The van der Waals surface area contributed by atoms with E-state index in [0.717, 1.165) is 15.8 Å². The third-order valence-corrected chi connectivity index (χ3v) is 4.24. The quantitative estimate of drug-likeness (QED) is 0.745. The largest absolute Gasteiger partial charge is 0.475 e. The van der Waals surface area contributed by atoms with E-state index >= 15 is 0 Å². The molecule has 0 amide bonds. The Morgan fingerprint density at radius 1 is 1.05 bits per heavy atom. The van der Waals surface area contributed by atoms with Crippen LogP contribution in [0.3, 0.4) is 0 Å². The predicted octanol–water partition coefficient (Wildman–Crippen LogP) is 3.79. The lowest BCUT2D eigenvalue weighted by Crippen LogP contribution is -2.05. The Kier molecular flexibility index (Phi) is 3.58. The molecule has 104 valence electrons. The van der Waals surface area contributed by atoms with Crippen LogP contribution in [0.2, 0.25) is 0 Å². The van der Waals surface area contributed by atoms with Gasteiger partial charge in [0, 0.05) is 10.3 Å². The molecule has 0 aliphatic rings. The topological polar surface area (TPSA) is 63.1 Å². The third-order valence-electron chi connectivity index (χ3n) is 3.06. The number of aryl methyl sites for hydroxylation is 1. The zero-order valence-electron chi connectivity index (χ0n) is 11.3. The molecule has 3 aromatic rings. The molecule has 3 rings (SSSR count). The van der Waals surface area contributed by atoms with E-state index in [1.807, 2.05) is 49.4 Å². The molecule has 1 heterocycles. The first-order valence-corrected chi connectivity index (χ1v) is 7.20. The Labute approximate surface area is 125 Å². The van der Waals surface area contributed by atoms with Crippen molar-refractivity contribution < 1.29 is 9.90 Å². The van der Waals surface area contributed by atoms with Crippen molar-refractivity contribution in [2.75, 3.05) is 0 Å². The summed E-state index contributed by atoms with van der Waals surface area (Å²) in [6.45, 7) is 2.02. The predicted molar refractivity (Wildman–Crippen MR) is 81.8 cm³/mol. The number of carbonyl (C=O) groups is 1. The molecule has 0 unspecified atom stereocenters. The van der Waals surface area contributed by atoms with Gasteiger partial charge in [0.25, 0.3) is 0 Å². The first-order valence-electron chi connectivity index (χ1n) is 6.39. The minimum Gasteiger partial charge on any atom is -0.475 e. The highest BCUT2D eigenvalue weighted by molar-refractivity contribution is 7.99. The Morgan fingerprint density at radius 3 is 2.52 bits per heavy atom. The number of aromatic carboxylic acids is 1. The van der Waals surface area contributed by atoms with Crippen LogP contribution in [0, 0.1) is 6.92 Å². The number of rotatable bonds is 3. The molecule has 0 radical (unpaired) electrons. The second kappa shape index (κ2) is 5.54.